The summed E-state index contributed by atoms with van der Waals surface area (Å²) >= 11 is 0. The van der Waals surface area contributed by atoms with Gasteiger partial charge in [0.1, 0.15) is 0 Å². The number of nitrogens with one attached hydrogen (secondary N) is 2. The lowest BCUT2D eigenvalue weighted by atomic mass is 10.1. The van der Waals surface area contributed by atoms with E-state index in [1.165, 1.54) is 12.8 Å². The van der Waals surface area contributed by atoms with Crippen molar-refractivity contribution in [3.8, 4) is 11.3 Å². The quantitative estimate of drug-likeness (QED) is 0.910. The number of hydrogen-bond acceptors (Lipinski definition) is 4. The molecule has 1 aliphatic rings. The van der Waals surface area contributed by atoms with E-state index in [9.17, 15) is 4.79 Å². The number of carbonyl (C=O) groups is 1. The van der Waals surface area contributed by atoms with Crippen LogP contribution < -0.4 is 10.6 Å². The van der Waals surface area contributed by atoms with Crippen molar-refractivity contribution < 1.29 is 9.21 Å². The van der Waals surface area contributed by atoms with E-state index in [2.05, 4.69) is 15.6 Å². The van der Waals surface area contributed by atoms with Gasteiger partial charge >= 0.3 is 0 Å². The number of amides is 1. The molecule has 2 aromatic rings. The Morgan fingerprint density at radius 1 is 1.33 bits per heavy atom. The molecular formula is C16H19N3O2. The van der Waals surface area contributed by atoms with Gasteiger partial charge < -0.3 is 15.1 Å². The summed E-state index contributed by atoms with van der Waals surface area (Å²) in [5, 5.41) is 6.28. The third-order valence-electron chi connectivity index (χ3n) is 3.72. The molecule has 110 valence electrons. The Kier molecular flexibility index (Phi) is 4.31. The minimum Gasteiger partial charge on any atom is -0.444 e. The Morgan fingerprint density at radius 2 is 2.29 bits per heavy atom. The van der Waals surface area contributed by atoms with Crippen LogP contribution in [0.15, 0.2) is 41.3 Å². The second-order valence-electron chi connectivity index (χ2n) is 5.29. The number of rotatable bonds is 3. The predicted octanol–water partition coefficient (Wildman–Crippen LogP) is 2.81. The van der Waals surface area contributed by atoms with E-state index in [0.717, 1.165) is 37.1 Å². The van der Waals surface area contributed by atoms with Crippen molar-refractivity contribution in [1.82, 2.24) is 10.3 Å². The number of carbonyl (C=O) groups excluding carboxylic acids is 1. The lowest BCUT2D eigenvalue weighted by molar-refractivity contribution is -0.118. The molecule has 1 aromatic carbocycles. The fraction of sp³-hybridized carbons (Fsp3) is 0.375. The van der Waals surface area contributed by atoms with Gasteiger partial charge in [0.2, 0.25) is 5.91 Å². The fourth-order valence-corrected chi connectivity index (χ4v) is 2.59. The Hall–Kier alpha value is -2.14. The molecule has 5 heteroatoms. The first-order chi connectivity index (χ1) is 10.3. The lowest BCUT2D eigenvalue weighted by Gasteiger charge is -2.15. The molecule has 1 aliphatic heterocycles. The highest BCUT2D eigenvalue weighted by Crippen LogP contribution is 2.22. The number of hydrogen-bond donors (Lipinski definition) is 2. The monoisotopic (exact) mass is 285 g/mol. The summed E-state index contributed by atoms with van der Waals surface area (Å²) in [6, 6.07) is 7.51. The van der Waals surface area contributed by atoms with Crippen molar-refractivity contribution >= 4 is 11.6 Å². The van der Waals surface area contributed by atoms with Crippen LogP contribution in [0.5, 0.6) is 0 Å². The first kappa shape index (κ1) is 13.8. The highest BCUT2D eigenvalue weighted by molar-refractivity contribution is 5.95. The minimum absolute atomic E-state index is 0.0339. The van der Waals surface area contributed by atoms with Crippen LogP contribution in [0.25, 0.3) is 11.3 Å². The van der Waals surface area contributed by atoms with E-state index >= 15 is 0 Å². The molecule has 2 N–H and O–H groups in total. The summed E-state index contributed by atoms with van der Waals surface area (Å²) < 4.78 is 5.28. The predicted molar refractivity (Wildman–Crippen MR) is 80.8 cm³/mol. The molecule has 1 fully saturated rings. The van der Waals surface area contributed by atoms with Crippen LogP contribution in [-0.2, 0) is 4.79 Å². The van der Waals surface area contributed by atoms with Gasteiger partial charge in [0.05, 0.1) is 12.2 Å². The molecule has 0 spiro atoms. The number of oxazole rings is 1. The number of benzene rings is 1. The van der Waals surface area contributed by atoms with Crippen LogP contribution in [0.1, 0.15) is 25.7 Å². The summed E-state index contributed by atoms with van der Waals surface area (Å²) in [5.41, 5.74) is 1.68. The highest BCUT2D eigenvalue weighted by atomic mass is 16.3. The fourth-order valence-electron chi connectivity index (χ4n) is 2.59. The van der Waals surface area contributed by atoms with Crippen molar-refractivity contribution in [1.29, 1.82) is 0 Å². The van der Waals surface area contributed by atoms with Crippen molar-refractivity contribution in [3.63, 3.8) is 0 Å². The normalized spacial score (nSPS) is 19.0. The molecular weight excluding hydrogens is 266 g/mol. The molecule has 0 radical (unpaired) electrons. The molecule has 0 saturated carbocycles. The molecule has 1 aromatic heterocycles. The van der Waals surface area contributed by atoms with Gasteiger partial charge in [-0.25, -0.2) is 4.98 Å². The van der Waals surface area contributed by atoms with E-state index in [-0.39, 0.29) is 11.9 Å². The Bertz CT molecular complexity index is 587. The van der Waals surface area contributed by atoms with Crippen LogP contribution in [0.2, 0.25) is 0 Å². The highest BCUT2D eigenvalue weighted by Gasteiger charge is 2.19. The van der Waals surface area contributed by atoms with Gasteiger partial charge in [0, 0.05) is 11.3 Å². The van der Waals surface area contributed by atoms with Crippen LogP contribution in [0.3, 0.4) is 0 Å². The standard InChI is InChI=1S/C16H19N3O2/c20-16(14-7-2-1-3-8-18-14)19-13-6-4-5-12(9-13)15-10-17-11-21-15/h4-6,9-11,14,18H,1-3,7-8H2,(H,19,20). The maximum Gasteiger partial charge on any atom is 0.241 e. The number of nitrogens with zero attached hydrogens (tertiary/aromatic N) is 1. The van der Waals surface area contributed by atoms with Crippen LogP contribution in [-0.4, -0.2) is 23.5 Å². The zero-order chi connectivity index (χ0) is 14.5. The van der Waals surface area contributed by atoms with Crippen LogP contribution >= 0.6 is 0 Å². The van der Waals surface area contributed by atoms with Crippen molar-refractivity contribution in [2.45, 2.75) is 31.7 Å². The maximum absolute atomic E-state index is 12.3. The Morgan fingerprint density at radius 3 is 3.14 bits per heavy atom. The average molecular weight is 285 g/mol. The maximum atomic E-state index is 12.3. The smallest absolute Gasteiger partial charge is 0.241 e. The van der Waals surface area contributed by atoms with E-state index in [1.54, 1.807) is 6.20 Å². The molecule has 1 amide bonds. The molecule has 1 atom stereocenters. The Balaban J connectivity index is 1.69. The summed E-state index contributed by atoms with van der Waals surface area (Å²) in [6.45, 7) is 0.913. The van der Waals surface area contributed by atoms with Crippen LogP contribution in [0, 0.1) is 0 Å². The van der Waals surface area contributed by atoms with Gasteiger partial charge in [-0.1, -0.05) is 25.0 Å². The average Bonchev–Trinajstić information content (AvgIpc) is 2.90. The molecule has 21 heavy (non-hydrogen) atoms. The molecule has 5 nitrogen and oxygen atoms in total. The molecule has 1 unspecified atom stereocenters. The summed E-state index contributed by atoms with van der Waals surface area (Å²) in [6.07, 6.45) is 7.39. The van der Waals surface area contributed by atoms with Gasteiger partial charge in [-0.05, 0) is 31.5 Å². The lowest BCUT2D eigenvalue weighted by Crippen LogP contribution is -2.39. The second-order valence-corrected chi connectivity index (χ2v) is 5.29. The van der Waals surface area contributed by atoms with Crippen molar-refractivity contribution in [2.75, 3.05) is 11.9 Å². The zero-order valence-corrected chi connectivity index (χ0v) is 11.8. The van der Waals surface area contributed by atoms with E-state index in [1.807, 2.05) is 24.3 Å². The van der Waals surface area contributed by atoms with E-state index < -0.39 is 0 Å². The van der Waals surface area contributed by atoms with Gasteiger partial charge in [0.25, 0.3) is 0 Å². The summed E-state index contributed by atoms with van der Waals surface area (Å²) in [7, 11) is 0. The first-order valence-corrected chi connectivity index (χ1v) is 7.36. The summed E-state index contributed by atoms with van der Waals surface area (Å²) in [4.78, 5) is 16.2. The van der Waals surface area contributed by atoms with Gasteiger partial charge in [-0.3, -0.25) is 4.79 Å². The third-order valence-corrected chi connectivity index (χ3v) is 3.72. The Labute approximate surface area is 123 Å². The number of aromatic nitrogens is 1. The van der Waals surface area contributed by atoms with Crippen LogP contribution in [0.4, 0.5) is 5.69 Å². The largest absolute Gasteiger partial charge is 0.444 e. The summed E-state index contributed by atoms with van der Waals surface area (Å²) in [5.74, 6) is 0.727. The third kappa shape index (κ3) is 3.49. The first-order valence-electron chi connectivity index (χ1n) is 7.36. The van der Waals surface area contributed by atoms with E-state index in [4.69, 9.17) is 4.42 Å². The van der Waals surface area contributed by atoms with Crippen molar-refractivity contribution in [2.24, 2.45) is 0 Å². The van der Waals surface area contributed by atoms with E-state index in [0.29, 0.717) is 5.76 Å². The molecule has 0 aliphatic carbocycles. The van der Waals surface area contributed by atoms with Gasteiger partial charge in [-0.2, -0.15) is 0 Å². The molecule has 0 bridgehead atoms. The SMILES string of the molecule is O=C(Nc1cccc(-c2cnco2)c1)C1CCCCCN1. The van der Waals surface area contributed by atoms with Crippen molar-refractivity contribution in [3.05, 3.63) is 36.9 Å². The molecule has 2 heterocycles. The molecule has 3 rings (SSSR count). The second kappa shape index (κ2) is 6.54. The number of anilines is 1. The minimum atomic E-state index is -0.0959. The van der Waals surface area contributed by atoms with Gasteiger partial charge in [-0.15, -0.1) is 0 Å². The topological polar surface area (TPSA) is 67.2 Å². The van der Waals surface area contributed by atoms with Gasteiger partial charge in [0.15, 0.2) is 12.2 Å². The zero-order valence-electron chi connectivity index (χ0n) is 11.8. The molecule has 1 saturated heterocycles.